The first-order chi connectivity index (χ1) is 13.0. The van der Waals surface area contributed by atoms with Crippen molar-refractivity contribution >= 4 is 34.1 Å². The number of anilines is 1. The van der Waals surface area contributed by atoms with E-state index >= 15 is 0 Å². The van der Waals surface area contributed by atoms with Crippen molar-refractivity contribution in [1.82, 2.24) is 10.2 Å². The fraction of sp³-hybridized carbons (Fsp3) is 0.211. The van der Waals surface area contributed by atoms with Crippen LogP contribution in [0.3, 0.4) is 0 Å². The van der Waals surface area contributed by atoms with Crippen LogP contribution in [0.4, 0.5) is 9.52 Å². The molecule has 0 atom stereocenters. The minimum atomic E-state index is -0.310. The van der Waals surface area contributed by atoms with Gasteiger partial charge in [-0.25, -0.2) is 4.39 Å². The van der Waals surface area contributed by atoms with Crippen LogP contribution in [0.1, 0.15) is 16.7 Å². The highest BCUT2D eigenvalue weighted by Crippen LogP contribution is 2.29. The SMILES string of the molecule is Cc1ccc(OCC(=O)Nc2nnc(SCc3ccccc3F)s2)cc1C. The molecule has 0 spiro atoms. The van der Waals surface area contributed by atoms with Gasteiger partial charge in [0.05, 0.1) is 0 Å². The summed E-state index contributed by atoms with van der Waals surface area (Å²) in [6.45, 7) is 3.90. The molecule has 0 saturated heterocycles. The Bertz CT molecular complexity index is 946. The summed E-state index contributed by atoms with van der Waals surface area (Å²) in [4.78, 5) is 12.0. The highest BCUT2D eigenvalue weighted by molar-refractivity contribution is 8.00. The molecule has 0 unspecified atom stereocenters. The number of nitrogens with zero attached hydrogens (tertiary/aromatic N) is 2. The lowest BCUT2D eigenvalue weighted by Crippen LogP contribution is -2.20. The number of rotatable bonds is 7. The van der Waals surface area contributed by atoms with Gasteiger partial charge in [0.1, 0.15) is 11.6 Å². The molecule has 0 aliphatic heterocycles. The number of thioether (sulfide) groups is 1. The predicted molar refractivity (Wildman–Crippen MR) is 106 cm³/mol. The maximum absolute atomic E-state index is 13.6. The Morgan fingerprint density at radius 1 is 1.19 bits per heavy atom. The van der Waals surface area contributed by atoms with Gasteiger partial charge in [0.25, 0.3) is 5.91 Å². The first-order valence-corrected chi connectivity index (χ1v) is 10.0. The largest absolute Gasteiger partial charge is 0.484 e. The first kappa shape index (κ1) is 19.3. The van der Waals surface area contributed by atoms with Gasteiger partial charge >= 0.3 is 0 Å². The van der Waals surface area contributed by atoms with Crippen LogP contribution in [0, 0.1) is 19.7 Å². The van der Waals surface area contributed by atoms with Crippen LogP contribution in [-0.4, -0.2) is 22.7 Å². The van der Waals surface area contributed by atoms with Gasteiger partial charge in [-0.1, -0.05) is 47.4 Å². The number of carbonyl (C=O) groups is 1. The monoisotopic (exact) mass is 403 g/mol. The molecule has 1 heterocycles. The maximum atomic E-state index is 13.6. The van der Waals surface area contributed by atoms with E-state index in [9.17, 15) is 9.18 Å². The summed E-state index contributed by atoms with van der Waals surface area (Å²) < 4.78 is 19.8. The second-order valence-corrected chi connectivity index (χ2v) is 8.04. The van der Waals surface area contributed by atoms with Crippen molar-refractivity contribution in [3.8, 4) is 5.75 Å². The van der Waals surface area contributed by atoms with Crippen LogP contribution in [0.15, 0.2) is 46.8 Å². The molecule has 0 aliphatic rings. The third-order valence-electron chi connectivity index (χ3n) is 3.81. The fourth-order valence-electron chi connectivity index (χ4n) is 2.18. The number of carbonyl (C=O) groups excluding carboxylic acids is 1. The number of halogens is 1. The maximum Gasteiger partial charge on any atom is 0.264 e. The van der Waals surface area contributed by atoms with Gasteiger partial charge in [-0.2, -0.15) is 0 Å². The summed E-state index contributed by atoms with van der Waals surface area (Å²) in [7, 11) is 0. The molecule has 0 bridgehead atoms. The van der Waals surface area contributed by atoms with Gasteiger partial charge in [-0.05, 0) is 48.7 Å². The molecular formula is C19H18FN3O2S2. The van der Waals surface area contributed by atoms with Crippen LogP contribution in [0.5, 0.6) is 5.75 Å². The highest BCUT2D eigenvalue weighted by Gasteiger charge is 2.11. The number of ether oxygens (including phenoxy) is 1. The van der Waals surface area contributed by atoms with Gasteiger partial charge in [0, 0.05) is 5.75 Å². The molecule has 3 aromatic rings. The van der Waals surface area contributed by atoms with Crippen LogP contribution in [0.25, 0.3) is 0 Å². The Kier molecular flexibility index (Phi) is 6.41. The summed E-state index contributed by atoms with van der Waals surface area (Å²) in [5.41, 5.74) is 2.87. The minimum Gasteiger partial charge on any atom is -0.484 e. The number of amides is 1. The van der Waals surface area contributed by atoms with Crippen LogP contribution >= 0.6 is 23.1 Å². The molecular weight excluding hydrogens is 385 g/mol. The Labute approximate surface area is 165 Å². The molecule has 140 valence electrons. The van der Waals surface area contributed by atoms with Gasteiger partial charge in [-0.3, -0.25) is 10.1 Å². The molecule has 5 nitrogen and oxygen atoms in total. The zero-order valence-corrected chi connectivity index (χ0v) is 16.5. The molecule has 2 aromatic carbocycles. The molecule has 0 saturated carbocycles. The number of hydrogen-bond acceptors (Lipinski definition) is 6. The van der Waals surface area contributed by atoms with Crippen molar-refractivity contribution in [2.45, 2.75) is 23.9 Å². The number of aromatic nitrogens is 2. The van der Waals surface area contributed by atoms with Crippen molar-refractivity contribution < 1.29 is 13.9 Å². The van der Waals surface area contributed by atoms with E-state index in [1.807, 2.05) is 32.0 Å². The van der Waals surface area contributed by atoms with E-state index in [4.69, 9.17) is 4.74 Å². The van der Waals surface area contributed by atoms with Crippen molar-refractivity contribution in [2.75, 3.05) is 11.9 Å². The molecule has 1 aromatic heterocycles. The number of benzene rings is 2. The van der Waals surface area contributed by atoms with Gasteiger partial charge in [0.15, 0.2) is 10.9 Å². The van der Waals surface area contributed by atoms with E-state index in [0.717, 1.165) is 5.56 Å². The van der Waals surface area contributed by atoms with Crippen LogP contribution in [0.2, 0.25) is 0 Å². The smallest absolute Gasteiger partial charge is 0.264 e. The third-order valence-corrected chi connectivity index (χ3v) is 5.83. The molecule has 8 heteroatoms. The van der Waals surface area contributed by atoms with Crippen molar-refractivity contribution in [3.63, 3.8) is 0 Å². The zero-order valence-electron chi connectivity index (χ0n) is 14.9. The second kappa shape index (κ2) is 8.96. The lowest BCUT2D eigenvalue weighted by molar-refractivity contribution is -0.118. The number of nitrogens with one attached hydrogen (secondary N) is 1. The quantitative estimate of drug-likeness (QED) is 0.461. The molecule has 27 heavy (non-hydrogen) atoms. The van der Waals surface area contributed by atoms with Crippen molar-refractivity contribution in [1.29, 1.82) is 0 Å². The van der Waals surface area contributed by atoms with Gasteiger partial charge < -0.3 is 4.74 Å². The predicted octanol–water partition coefficient (Wildman–Crippen LogP) is 4.60. The van der Waals surface area contributed by atoms with E-state index in [1.54, 1.807) is 18.2 Å². The van der Waals surface area contributed by atoms with Crippen molar-refractivity contribution in [3.05, 3.63) is 65.0 Å². The molecule has 1 N–H and O–H groups in total. The summed E-state index contributed by atoms with van der Waals surface area (Å²) in [5.74, 6) is 0.540. The lowest BCUT2D eigenvalue weighted by atomic mass is 10.1. The minimum absolute atomic E-state index is 0.111. The van der Waals surface area contributed by atoms with Gasteiger partial charge in [-0.15, -0.1) is 10.2 Å². The van der Waals surface area contributed by atoms with E-state index in [1.165, 1.54) is 34.7 Å². The fourth-order valence-corrected chi connectivity index (χ4v) is 3.94. The molecule has 3 rings (SSSR count). The molecule has 0 fully saturated rings. The Hall–Kier alpha value is -2.45. The van der Waals surface area contributed by atoms with Crippen molar-refractivity contribution in [2.24, 2.45) is 0 Å². The first-order valence-electron chi connectivity index (χ1n) is 8.21. The average molecular weight is 404 g/mol. The summed E-state index contributed by atoms with van der Waals surface area (Å²) in [5, 5.41) is 11.0. The van der Waals surface area contributed by atoms with E-state index in [2.05, 4.69) is 15.5 Å². The summed E-state index contributed by atoms with van der Waals surface area (Å²) in [6, 6.07) is 12.3. The molecule has 0 radical (unpaired) electrons. The van der Waals surface area contributed by atoms with Crippen LogP contribution < -0.4 is 10.1 Å². The molecule has 0 aliphatic carbocycles. The Balaban J connectivity index is 1.48. The Morgan fingerprint density at radius 3 is 2.78 bits per heavy atom. The van der Waals surface area contributed by atoms with E-state index < -0.39 is 0 Å². The van der Waals surface area contributed by atoms with Gasteiger partial charge in [0.2, 0.25) is 5.13 Å². The summed E-state index contributed by atoms with van der Waals surface area (Å²) >= 11 is 2.61. The standard InChI is InChI=1S/C19H18FN3O2S2/c1-12-7-8-15(9-13(12)2)25-10-17(24)21-18-22-23-19(27-18)26-11-14-5-3-4-6-16(14)20/h3-9H,10-11H2,1-2H3,(H,21,22,24). The average Bonchev–Trinajstić information content (AvgIpc) is 3.09. The van der Waals surface area contributed by atoms with Crippen LogP contribution in [-0.2, 0) is 10.5 Å². The lowest BCUT2D eigenvalue weighted by Gasteiger charge is -2.07. The number of hydrogen-bond donors (Lipinski definition) is 1. The number of aryl methyl sites for hydroxylation is 2. The Morgan fingerprint density at radius 2 is 2.00 bits per heavy atom. The van der Waals surface area contributed by atoms with E-state index in [-0.39, 0.29) is 18.3 Å². The topological polar surface area (TPSA) is 64.1 Å². The molecule has 1 amide bonds. The second-order valence-electron chi connectivity index (χ2n) is 5.84. The summed E-state index contributed by atoms with van der Waals surface area (Å²) in [6.07, 6.45) is 0. The highest BCUT2D eigenvalue weighted by atomic mass is 32.2. The zero-order chi connectivity index (χ0) is 19.2. The normalized spacial score (nSPS) is 10.6. The van der Waals surface area contributed by atoms with E-state index in [0.29, 0.717) is 26.5 Å². The third kappa shape index (κ3) is 5.51.